The van der Waals surface area contributed by atoms with Crippen LogP contribution in [0.15, 0.2) is 23.8 Å². The molecule has 0 amide bonds. The van der Waals surface area contributed by atoms with Gasteiger partial charge in [0.25, 0.3) is 0 Å². The molecular weight excluding hydrogens is 186 g/mol. The van der Waals surface area contributed by atoms with Crippen LogP contribution in [-0.4, -0.2) is 36.2 Å². The van der Waals surface area contributed by atoms with Gasteiger partial charge in [0.1, 0.15) is 0 Å². The van der Waals surface area contributed by atoms with Crippen LogP contribution in [0.1, 0.15) is 19.8 Å². The molecular formula is C13H21NO. The number of allylic oxidation sites excluding steroid dienone is 3. The Labute approximate surface area is 92.3 Å². The average molecular weight is 207 g/mol. The van der Waals surface area contributed by atoms with E-state index in [1.54, 1.807) is 0 Å². The number of hydrogen-bond acceptors (Lipinski definition) is 2. The standard InChI is InChI=1S/C13H21NO/c1-10-4-3-5-11(8-10)12-6-7-14(2)9-13(12)15/h3-5,10,12-13,15H,6-9H2,1-2H3. The number of nitrogens with zero attached hydrogens (tertiary/aromatic N) is 1. The Morgan fingerprint density at radius 2 is 2.27 bits per heavy atom. The first-order valence-electron chi connectivity index (χ1n) is 5.90. The molecule has 1 N–H and O–H groups in total. The van der Waals surface area contributed by atoms with Crippen LogP contribution in [0.3, 0.4) is 0 Å². The summed E-state index contributed by atoms with van der Waals surface area (Å²) in [6, 6.07) is 0. The highest BCUT2D eigenvalue weighted by atomic mass is 16.3. The van der Waals surface area contributed by atoms with Crippen molar-refractivity contribution in [2.45, 2.75) is 25.9 Å². The van der Waals surface area contributed by atoms with Gasteiger partial charge in [-0.15, -0.1) is 0 Å². The van der Waals surface area contributed by atoms with E-state index in [2.05, 4.69) is 37.1 Å². The third kappa shape index (κ3) is 2.50. The molecule has 1 aliphatic carbocycles. The molecule has 2 heteroatoms. The zero-order valence-corrected chi connectivity index (χ0v) is 9.69. The molecule has 1 saturated heterocycles. The third-order valence-electron chi connectivity index (χ3n) is 3.57. The summed E-state index contributed by atoms with van der Waals surface area (Å²) < 4.78 is 0. The van der Waals surface area contributed by atoms with Crippen molar-refractivity contribution >= 4 is 0 Å². The van der Waals surface area contributed by atoms with Gasteiger partial charge < -0.3 is 10.0 Å². The van der Waals surface area contributed by atoms with Gasteiger partial charge in [-0.2, -0.15) is 0 Å². The number of hydrogen-bond donors (Lipinski definition) is 1. The minimum atomic E-state index is -0.173. The van der Waals surface area contributed by atoms with E-state index in [9.17, 15) is 5.11 Å². The number of β-amino-alcohol motifs (C(OH)–C–C–N with tert-alkyl or cyclic N) is 1. The first-order chi connectivity index (χ1) is 7.16. The number of aliphatic hydroxyl groups excluding tert-OH is 1. The zero-order chi connectivity index (χ0) is 10.8. The first-order valence-corrected chi connectivity index (χ1v) is 5.90. The maximum Gasteiger partial charge on any atom is 0.0732 e. The minimum Gasteiger partial charge on any atom is -0.391 e. The summed E-state index contributed by atoms with van der Waals surface area (Å²) in [5.74, 6) is 1.03. The largest absolute Gasteiger partial charge is 0.391 e. The lowest BCUT2D eigenvalue weighted by molar-refractivity contribution is 0.0456. The van der Waals surface area contributed by atoms with Crippen molar-refractivity contribution in [3.05, 3.63) is 23.8 Å². The summed E-state index contributed by atoms with van der Waals surface area (Å²) in [6.07, 6.45) is 8.65. The lowest BCUT2D eigenvalue weighted by Crippen LogP contribution is -2.42. The SMILES string of the molecule is CC1C=CC=C(C2CCN(C)CC2O)C1. The molecule has 2 aliphatic rings. The lowest BCUT2D eigenvalue weighted by atomic mass is 9.80. The molecule has 15 heavy (non-hydrogen) atoms. The Hall–Kier alpha value is -0.600. The molecule has 0 aromatic carbocycles. The molecule has 84 valence electrons. The van der Waals surface area contributed by atoms with Gasteiger partial charge in [-0.1, -0.05) is 30.7 Å². The Morgan fingerprint density at radius 1 is 1.47 bits per heavy atom. The van der Waals surface area contributed by atoms with Gasteiger partial charge in [-0.05, 0) is 32.4 Å². The summed E-state index contributed by atoms with van der Waals surface area (Å²) in [5, 5.41) is 10.1. The van der Waals surface area contributed by atoms with Crippen LogP contribution < -0.4 is 0 Å². The van der Waals surface area contributed by atoms with Gasteiger partial charge in [0.15, 0.2) is 0 Å². The van der Waals surface area contributed by atoms with Crippen molar-refractivity contribution in [2.24, 2.45) is 11.8 Å². The van der Waals surface area contributed by atoms with E-state index in [1.165, 1.54) is 5.57 Å². The van der Waals surface area contributed by atoms with Gasteiger partial charge in [0.05, 0.1) is 6.10 Å². The molecule has 0 saturated carbocycles. The van der Waals surface area contributed by atoms with Crippen molar-refractivity contribution < 1.29 is 5.11 Å². The molecule has 2 nitrogen and oxygen atoms in total. The second-order valence-corrected chi connectivity index (χ2v) is 5.03. The quantitative estimate of drug-likeness (QED) is 0.709. The summed E-state index contributed by atoms with van der Waals surface area (Å²) in [6.45, 7) is 4.17. The maximum atomic E-state index is 10.1. The van der Waals surface area contributed by atoms with Crippen LogP contribution in [0.25, 0.3) is 0 Å². The highest BCUT2D eigenvalue weighted by Gasteiger charge is 2.29. The average Bonchev–Trinajstić information content (AvgIpc) is 2.17. The number of rotatable bonds is 1. The molecule has 1 aliphatic heterocycles. The smallest absolute Gasteiger partial charge is 0.0732 e. The Kier molecular flexibility index (Phi) is 3.27. The fraction of sp³-hybridized carbons (Fsp3) is 0.692. The molecule has 0 aromatic heterocycles. The summed E-state index contributed by atoms with van der Waals surface area (Å²) in [4.78, 5) is 2.21. The monoisotopic (exact) mass is 207 g/mol. The van der Waals surface area contributed by atoms with E-state index in [1.807, 2.05) is 0 Å². The highest BCUT2D eigenvalue weighted by Crippen LogP contribution is 2.31. The van der Waals surface area contributed by atoms with Crippen molar-refractivity contribution in [1.29, 1.82) is 0 Å². The Balaban J connectivity index is 2.04. The zero-order valence-electron chi connectivity index (χ0n) is 9.69. The fourth-order valence-corrected chi connectivity index (χ4v) is 2.67. The van der Waals surface area contributed by atoms with E-state index >= 15 is 0 Å². The molecule has 0 spiro atoms. The Morgan fingerprint density at radius 3 is 2.93 bits per heavy atom. The molecule has 2 rings (SSSR count). The van der Waals surface area contributed by atoms with E-state index in [0.29, 0.717) is 11.8 Å². The predicted molar refractivity (Wildman–Crippen MR) is 62.6 cm³/mol. The van der Waals surface area contributed by atoms with E-state index in [0.717, 1.165) is 25.9 Å². The fourth-order valence-electron chi connectivity index (χ4n) is 2.67. The molecule has 0 bridgehead atoms. The van der Waals surface area contributed by atoms with E-state index in [-0.39, 0.29) is 6.10 Å². The molecule has 0 aromatic rings. The molecule has 1 heterocycles. The highest BCUT2D eigenvalue weighted by molar-refractivity contribution is 5.23. The molecule has 1 fully saturated rings. The number of likely N-dealkylation sites (tertiary alicyclic amines) is 1. The maximum absolute atomic E-state index is 10.1. The van der Waals surface area contributed by atoms with Crippen LogP contribution in [0.5, 0.6) is 0 Å². The number of aliphatic hydroxyl groups is 1. The van der Waals surface area contributed by atoms with Crippen LogP contribution in [-0.2, 0) is 0 Å². The van der Waals surface area contributed by atoms with Crippen LogP contribution in [0, 0.1) is 11.8 Å². The van der Waals surface area contributed by atoms with Gasteiger partial charge in [0.2, 0.25) is 0 Å². The van der Waals surface area contributed by atoms with Crippen LogP contribution in [0.4, 0.5) is 0 Å². The summed E-state index contributed by atoms with van der Waals surface area (Å²) in [7, 11) is 2.08. The van der Waals surface area contributed by atoms with Crippen molar-refractivity contribution in [2.75, 3.05) is 20.1 Å². The van der Waals surface area contributed by atoms with Gasteiger partial charge in [-0.25, -0.2) is 0 Å². The Bertz CT molecular complexity index is 282. The third-order valence-corrected chi connectivity index (χ3v) is 3.57. The molecule has 0 radical (unpaired) electrons. The van der Waals surface area contributed by atoms with Crippen molar-refractivity contribution in [3.63, 3.8) is 0 Å². The van der Waals surface area contributed by atoms with Crippen molar-refractivity contribution in [3.8, 4) is 0 Å². The number of piperidine rings is 1. The lowest BCUT2D eigenvalue weighted by Gasteiger charge is -2.36. The van der Waals surface area contributed by atoms with E-state index in [4.69, 9.17) is 0 Å². The van der Waals surface area contributed by atoms with E-state index < -0.39 is 0 Å². The number of likely N-dealkylation sites (N-methyl/N-ethyl adjacent to an activating group) is 1. The predicted octanol–water partition coefficient (Wildman–Crippen LogP) is 1.82. The van der Waals surface area contributed by atoms with Crippen LogP contribution in [0.2, 0.25) is 0 Å². The van der Waals surface area contributed by atoms with Crippen LogP contribution >= 0.6 is 0 Å². The minimum absolute atomic E-state index is 0.173. The normalized spacial score (nSPS) is 37.8. The van der Waals surface area contributed by atoms with Gasteiger partial charge in [0, 0.05) is 12.5 Å². The van der Waals surface area contributed by atoms with Crippen molar-refractivity contribution in [1.82, 2.24) is 4.90 Å². The topological polar surface area (TPSA) is 23.5 Å². The molecule has 3 atom stereocenters. The second kappa shape index (κ2) is 4.50. The van der Waals surface area contributed by atoms with Gasteiger partial charge >= 0.3 is 0 Å². The second-order valence-electron chi connectivity index (χ2n) is 5.03. The van der Waals surface area contributed by atoms with Gasteiger partial charge in [-0.3, -0.25) is 0 Å². The first kappa shape index (κ1) is 10.9. The summed E-state index contributed by atoms with van der Waals surface area (Å²) in [5.41, 5.74) is 1.45. The summed E-state index contributed by atoms with van der Waals surface area (Å²) >= 11 is 0. The molecule has 3 unspecified atom stereocenters.